The molecule has 0 spiro atoms. The molecule has 0 aromatic rings. The Balaban J connectivity index is 3.61. The molecule has 44 heavy (non-hydrogen) atoms. The van der Waals surface area contributed by atoms with E-state index in [4.69, 9.17) is 0 Å². The lowest BCUT2D eigenvalue weighted by molar-refractivity contribution is -0.131. The smallest absolute Gasteiger partial charge is 0.249 e. The van der Waals surface area contributed by atoms with E-state index in [9.17, 15) is 20.1 Å². The summed E-state index contributed by atoms with van der Waals surface area (Å²) in [6, 6.07) is -0.708. The van der Waals surface area contributed by atoms with Gasteiger partial charge < -0.3 is 20.6 Å². The van der Waals surface area contributed by atoms with Crippen molar-refractivity contribution in [1.29, 1.82) is 0 Å². The third-order valence-electron chi connectivity index (χ3n) is 9.13. The molecular weight excluding hydrogens is 546 g/mol. The monoisotopic (exact) mass is 624 g/mol. The fourth-order valence-electron chi connectivity index (χ4n) is 6.01. The first kappa shape index (κ1) is 43.1. The lowest BCUT2D eigenvalue weighted by Crippen LogP contribution is -2.49. The van der Waals surface area contributed by atoms with Crippen LogP contribution in [-0.4, -0.2) is 46.1 Å². The second-order valence-electron chi connectivity index (χ2n) is 13.5. The zero-order chi connectivity index (χ0) is 32.4. The number of nitrogens with one attached hydrogen (secondary N) is 1. The van der Waals surface area contributed by atoms with Gasteiger partial charge in [-0.3, -0.25) is 4.79 Å². The third-order valence-corrected chi connectivity index (χ3v) is 9.13. The van der Waals surface area contributed by atoms with Crippen LogP contribution in [0.4, 0.5) is 0 Å². The van der Waals surface area contributed by atoms with Gasteiger partial charge in [0.25, 0.3) is 0 Å². The Hall–Kier alpha value is -0.910. The van der Waals surface area contributed by atoms with Crippen LogP contribution < -0.4 is 5.32 Å². The van der Waals surface area contributed by atoms with Crippen molar-refractivity contribution in [1.82, 2.24) is 5.32 Å². The molecule has 0 aliphatic heterocycles. The molecule has 5 nitrogen and oxygen atoms in total. The van der Waals surface area contributed by atoms with E-state index in [1.807, 2.05) is 0 Å². The van der Waals surface area contributed by atoms with E-state index in [0.717, 1.165) is 32.1 Å². The van der Waals surface area contributed by atoms with Crippen LogP contribution in [0.1, 0.15) is 206 Å². The Bertz CT molecular complexity index is 611. The average molecular weight is 624 g/mol. The van der Waals surface area contributed by atoms with Crippen LogP contribution in [-0.2, 0) is 4.79 Å². The number of unbranched alkanes of at least 4 members (excludes halogenated alkanes) is 25. The second kappa shape index (κ2) is 35.0. The largest absolute Gasteiger partial charge is 0.394 e. The number of allylic oxidation sites excluding steroid dienone is 2. The van der Waals surface area contributed by atoms with Crippen molar-refractivity contribution in [2.75, 3.05) is 6.61 Å². The number of aliphatic hydroxyl groups is 3. The van der Waals surface area contributed by atoms with Gasteiger partial charge in [-0.25, -0.2) is 0 Å². The van der Waals surface area contributed by atoms with Gasteiger partial charge in [0.05, 0.1) is 18.8 Å². The van der Waals surface area contributed by atoms with E-state index in [1.165, 1.54) is 148 Å². The predicted octanol–water partition coefficient (Wildman–Crippen LogP) is 10.5. The zero-order valence-corrected chi connectivity index (χ0v) is 29.6. The Morgan fingerprint density at radius 3 is 1.25 bits per heavy atom. The van der Waals surface area contributed by atoms with Gasteiger partial charge in [-0.15, -0.1) is 0 Å². The minimum absolute atomic E-state index is 0.314. The molecule has 5 heteroatoms. The highest BCUT2D eigenvalue weighted by Crippen LogP contribution is 2.15. The molecule has 3 unspecified atom stereocenters. The maximum atomic E-state index is 12.4. The Kier molecular flexibility index (Phi) is 34.2. The summed E-state index contributed by atoms with van der Waals surface area (Å²) in [6.07, 6.45) is 39.2. The molecule has 0 saturated heterocycles. The van der Waals surface area contributed by atoms with Crippen molar-refractivity contribution in [3.63, 3.8) is 0 Å². The minimum atomic E-state index is -1.07. The summed E-state index contributed by atoms with van der Waals surface area (Å²) in [4.78, 5) is 12.4. The van der Waals surface area contributed by atoms with Gasteiger partial charge in [0.2, 0.25) is 5.91 Å². The molecule has 4 N–H and O–H groups in total. The van der Waals surface area contributed by atoms with Gasteiger partial charge in [0, 0.05) is 0 Å². The standard InChI is InChI=1S/C39H77NO4/c1-3-5-7-9-11-13-14-15-16-17-18-19-20-21-22-23-24-26-28-30-32-34-38(43)39(44)40-36(35-41)37(42)33-31-29-27-25-12-10-8-6-4-2/h20-21,36-38,41-43H,3-19,22-35H2,1-2H3,(H,40,44)/b21-20-. The van der Waals surface area contributed by atoms with Gasteiger partial charge in [0.15, 0.2) is 0 Å². The van der Waals surface area contributed by atoms with Gasteiger partial charge in [-0.05, 0) is 38.5 Å². The molecule has 0 bridgehead atoms. The number of rotatable bonds is 35. The van der Waals surface area contributed by atoms with Crippen LogP contribution in [0, 0.1) is 0 Å². The van der Waals surface area contributed by atoms with E-state index >= 15 is 0 Å². The normalized spacial score (nSPS) is 13.8. The van der Waals surface area contributed by atoms with Crippen molar-refractivity contribution in [2.24, 2.45) is 0 Å². The topological polar surface area (TPSA) is 89.8 Å². The van der Waals surface area contributed by atoms with Gasteiger partial charge in [0.1, 0.15) is 6.10 Å². The Morgan fingerprint density at radius 1 is 0.523 bits per heavy atom. The zero-order valence-electron chi connectivity index (χ0n) is 29.6. The summed E-state index contributed by atoms with van der Waals surface area (Å²) >= 11 is 0. The molecule has 0 radical (unpaired) electrons. The quantitative estimate of drug-likeness (QED) is 0.0418. The predicted molar refractivity (Wildman–Crippen MR) is 190 cm³/mol. The van der Waals surface area contributed by atoms with Crippen molar-refractivity contribution in [2.45, 2.75) is 225 Å². The molecule has 0 aliphatic carbocycles. The maximum absolute atomic E-state index is 12.4. The fraction of sp³-hybridized carbons (Fsp3) is 0.923. The third kappa shape index (κ3) is 29.8. The molecule has 0 heterocycles. The average Bonchev–Trinajstić information content (AvgIpc) is 3.03. The first-order valence-electron chi connectivity index (χ1n) is 19.5. The van der Waals surface area contributed by atoms with Crippen molar-refractivity contribution >= 4 is 5.91 Å². The molecule has 0 aromatic heterocycles. The lowest BCUT2D eigenvalue weighted by Gasteiger charge is -2.23. The highest BCUT2D eigenvalue weighted by atomic mass is 16.3. The van der Waals surface area contributed by atoms with Crippen LogP contribution in [0.3, 0.4) is 0 Å². The van der Waals surface area contributed by atoms with E-state index in [2.05, 4.69) is 31.3 Å². The highest BCUT2D eigenvalue weighted by molar-refractivity contribution is 5.80. The van der Waals surface area contributed by atoms with Crippen LogP contribution >= 0.6 is 0 Å². The van der Waals surface area contributed by atoms with E-state index < -0.39 is 24.2 Å². The van der Waals surface area contributed by atoms with Crippen LogP contribution in [0.5, 0.6) is 0 Å². The van der Waals surface area contributed by atoms with Crippen molar-refractivity contribution in [3.8, 4) is 0 Å². The van der Waals surface area contributed by atoms with Crippen LogP contribution in [0.15, 0.2) is 12.2 Å². The summed E-state index contributed by atoms with van der Waals surface area (Å²) < 4.78 is 0. The number of amides is 1. The Labute approximate surface area is 274 Å². The fourth-order valence-corrected chi connectivity index (χ4v) is 6.01. The maximum Gasteiger partial charge on any atom is 0.249 e. The Morgan fingerprint density at radius 2 is 0.864 bits per heavy atom. The summed E-state index contributed by atoms with van der Waals surface area (Å²) in [5.41, 5.74) is 0. The minimum Gasteiger partial charge on any atom is -0.394 e. The first-order chi connectivity index (χ1) is 21.6. The van der Waals surface area contributed by atoms with E-state index in [0.29, 0.717) is 12.8 Å². The molecular formula is C39H77NO4. The van der Waals surface area contributed by atoms with E-state index in [1.54, 1.807) is 0 Å². The SMILES string of the molecule is CCCCCCCCCCCCC/C=C\CCCCCCCCC(O)C(=O)NC(CO)C(O)CCCCCCCCCCC. The molecule has 0 rings (SSSR count). The van der Waals surface area contributed by atoms with E-state index in [-0.39, 0.29) is 6.61 Å². The van der Waals surface area contributed by atoms with Crippen molar-refractivity contribution in [3.05, 3.63) is 12.2 Å². The molecule has 0 saturated carbocycles. The highest BCUT2D eigenvalue weighted by Gasteiger charge is 2.23. The number of aliphatic hydroxyl groups excluding tert-OH is 3. The number of carbonyl (C=O) groups excluding carboxylic acids is 1. The number of hydrogen-bond donors (Lipinski definition) is 4. The lowest BCUT2D eigenvalue weighted by atomic mass is 10.0. The molecule has 262 valence electrons. The first-order valence-corrected chi connectivity index (χ1v) is 19.5. The molecule has 0 aliphatic rings. The number of carbonyl (C=O) groups is 1. The molecule has 0 aromatic carbocycles. The van der Waals surface area contributed by atoms with Gasteiger partial charge >= 0.3 is 0 Å². The van der Waals surface area contributed by atoms with Gasteiger partial charge in [-0.1, -0.05) is 180 Å². The second-order valence-corrected chi connectivity index (χ2v) is 13.5. The molecule has 1 amide bonds. The summed E-state index contributed by atoms with van der Waals surface area (Å²) in [7, 11) is 0. The number of hydrogen-bond acceptors (Lipinski definition) is 4. The van der Waals surface area contributed by atoms with Crippen LogP contribution in [0.25, 0.3) is 0 Å². The van der Waals surface area contributed by atoms with Gasteiger partial charge in [-0.2, -0.15) is 0 Å². The van der Waals surface area contributed by atoms with Crippen LogP contribution in [0.2, 0.25) is 0 Å². The van der Waals surface area contributed by atoms with Crippen molar-refractivity contribution < 1.29 is 20.1 Å². The summed E-state index contributed by atoms with van der Waals surface area (Å²) in [6.45, 7) is 4.20. The summed E-state index contributed by atoms with van der Waals surface area (Å²) in [5, 5.41) is 33.0. The summed E-state index contributed by atoms with van der Waals surface area (Å²) in [5.74, 6) is -0.477. The molecule has 3 atom stereocenters. The molecule has 0 fully saturated rings.